The van der Waals surface area contributed by atoms with Gasteiger partial charge in [-0.2, -0.15) is 0 Å². The molecule has 1 aliphatic carbocycles. The Labute approximate surface area is 80.2 Å². The summed E-state index contributed by atoms with van der Waals surface area (Å²) in [5.41, 5.74) is 1.31. The fraction of sp³-hybridized carbons (Fsp3) is 0.583. The Morgan fingerprint density at radius 1 is 1.46 bits per heavy atom. The molecule has 13 heavy (non-hydrogen) atoms. The summed E-state index contributed by atoms with van der Waals surface area (Å²) in [6, 6.07) is 6.25. The average molecular weight is 175 g/mol. The van der Waals surface area contributed by atoms with Gasteiger partial charge in [0.25, 0.3) is 0 Å². The van der Waals surface area contributed by atoms with Crippen molar-refractivity contribution in [2.45, 2.75) is 38.5 Å². The van der Waals surface area contributed by atoms with Gasteiger partial charge in [0.2, 0.25) is 0 Å². The summed E-state index contributed by atoms with van der Waals surface area (Å²) in [7, 11) is 0. The molecule has 1 heterocycles. The molecule has 0 aromatic carbocycles. The SMILES string of the molecule is CCCC[C@@H]1C[C@H]1c1ccccn1. The first-order valence-electron chi connectivity index (χ1n) is 5.32. The van der Waals surface area contributed by atoms with E-state index in [1.54, 1.807) is 0 Å². The molecule has 1 aliphatic rings. The van der Waals surface area contributed by atoms with Gasteiger partial charge < -0.3 is 0 Å². The molecule has 1 aromatic rings. The number of unbranched alkanes of at least 4 members (excludes halogenated alkanes) is 1. The quantitative estimate of drug-likeness (QED) is 0.683. The van der Waals surface area contributed by atoms with Crippen molar-refractivity contribution < 1.29 is 0 Å². The van der Waals surface area contributed by atoms with E-state index in [0.717, 1.165) is 11.8 Å². The predicted molar refractivity (Wildman–Crippen MR) is 54.6 cm³/mol. The second-order valence-corrected chi connectivity index (χ2v) is 4.00. The van der Waals surface area contributed by atoms with Crippen LogP contribution < -0.4 is 0 Å². The number of aromatic nitrogens is 1. The van der Waals surface area contributed by atoms with Crippen molar-refractivity contribution in [3.8, 4) is 0 Å². The average Bonchev–Trinajstić information content (AvgIpc) is 2.95. The summed E-state index contributed by atoms with van der Waals surface area (Å²) in [5, 5.41) is 0. The Balaban J connectivity index is 1.86. The third kappa shape index (κ3) is 2.09. The molecular weight excluding hydrogens is 158 g/mol. The van der Waals surface area contributed by atoms with Crippen LogP contribution in [0, 0.1) is 5.92 Å². The van der Waals surface area contributed by atoms with Gasteiger partial charge in [0.1, 0.15) is 0 Å². The smallest absolute Gasteiger partial charge is 0.0437 e. The first kappa shape index (κ1) is 8.74. The lowest BCUT2D eigenvalue weighted by atomic mass is 10.1. The molecule has 1 fully saturated rings. The first-order chi connectivity index (χ1) is 6.42. The predicted octanol–water partition coefficient (Wildman–Crippen LogP) is 3.38. The van der Waals surface area contributed by atoms with E-state index in [2.05, 4.69) is 24.0 Å². The van der Waals surface area contributed by atoms with Gasteiger partial charge in [0.05, 0.1) is 0 Å². The summed E-state index contributed by atoms with van der Waals surface area (Å²) in [5.74, 6) is 1.72. The second-order valence-electron chi connectivity index (χ2n) is 4.00. The maximum absolute atomic E-state index is 4.40. The lowest BCUT2D eigenvalue weighted by Crippen LogP contribution is -1.87. The molecule has 0 N–H and O–H groups in total. The highest BCUT2D eigenvalue weighted by atomic mass is 14.7. The van der Waals surface area contributed by atoms with Crippen molar-refractivity contribution >= 4 is 0 Å². The molecule has 1 heteroatoms. The van der Waals surface area contributed by atoms with Crippen molar-refractivity contribution in [1.29, 1.82) is 0 Å². The molecule has 0 saturated heterocycles. The normalized spacial score (nSPS) is 25.9. The molecule has 0 unspecified atom stereocenters. The number of rotatable bonds is 4. The molecule has 0 radical (unpaired) electrons. The van der Waals surface area contributed by atoms with E-state index < -0.39 is 0 Å². The van der Waals surface area contributed by atoms with Gasteiger partial charge in [0.15, 0.2) is 0 Å². The van der Waals surface area contributed by atoms with Crippen molar-refractivity contribution in [2.24, 2.45) is 5.92 Å². The molecule has 2 atom stereocenters. The summed E-state index contributed by atoms with van der Waals surface area (Å²) in [6.45, 7) is 2.26. The summed E-state index contributed by atoms with van der Waals surface area (Å²) >= 11 is 0. The van der Waals surface area contributed by atoms with E-state index in [1.807, 2.05) is 12.3 Å². The highest BCUT2D eigenvalue weighted by Gasteiger charge is 2.38. The molecule has 0 bridgehead atoms. The van der Waals surface area contributed by atoms with Crippen molar-refractivity contribution in [1.82, 2.24) is 4.98 Å². The zero-order chi connectivity index (χ0) is 9.10. The monoisotopic (exact) mass is 175 g/mol. The molecule has 1 nitrogen and oxygen atoms in total. The van der Waals surface area contributed by atoms with Crippen molar-refractivity contribution in [3.63, 3.8) is 0 Å². The van der Waals surface area contributed by atoms with E-state index >= 15 is 0 Å². The fourth-order valence-electron chi connectivity index (χ4n) is 1.99. The molecule has 70 valence electrons. The topological polar surface area (TPSA) is 12.9 Å². The lowest BCUT2D eigenvalue weighted by molar-refractivity contribution is 0.637. The summed E-state index contributed by atoms with van der Waals surface area (Å²) in [6.07, 6.45) is 7.39. The largest absolute Gasteiger partial charge is 0.261 e. The number of hydrogen-bond acceptors (Lipinski definition) is 1. The van der Waals surface area contributed by atoms with E-state index in [4.69, 9.17) is 0 Å². The molecule has 0 amide bonds. The van der Waals surface area contributed by atoms with Crippen LogP contribution in [0.2, 0.25) is 0 Å². The van der Waals surface area contributed by atoms with Gasteiger partial charge in [-0.05, 0) is 30.9 Å². The Bertz CT molecular complexity index is 255. The lowest BCUT2D eigenvalue weighted by Gasteiger charge is -1.98. The van der Waals surface area contributed by atoms with Crippen LogP contribution in [0.1, 0.15) is 44.2 Å². The van der Waals surface area contributed by atoms with Crippen molar-refractivity contribution in [3.05, 3.63) is 30.1 Å². The van der Waals surface area contributed by atoms with Crippen LogP contribution in [-0.4, -0.2) is 4.98 Å². The van der Waals surface area contributed by atoms with E-state index in [0.29, 0.717) is 0 Å². The highest BCUT2D eigenvalue weighted by Crippen LogP contribution is 2.49. The Kier molecular flexibility index (Phi) is 2.62. The number of hydrogen-bond donors (Lipinski definition) is 0. The van der Waals surface area contributed by atoms with Crippen LogP contribution in [0.25, 0.3) is 0 Å². The maximum atomic E-state index is 4.40. The zero-order valence-electron chi connectivity index (χ0n) is 8.24. The van der Waals surface area contributed by atoms with Crippen LogP contribution in [-0.2, 0) is 0 Å². The fourth-order valence-corrected chi connectivity index (χ4v) is 1.99. The Hall–Kier alpha value is -0.850. The van der Waals surface area contributed by atoms with Gasteiger partial charge >= 0.3 is 0 Å². The molecule has 1 saturated carbocycles. The molecule has 2 rings (SSSR count). The van der Waals surface area contributed by atoms with Crippen LogP contribution in [0.4, 0.5) is 0 Å². The number of nitrogens with zero attached hydrogens (tertiary/aromatic N) is 1. The molecule has 0 aliphatic heterocycles. The van der Waals surface area contributed by atoms with Crippen LogP contribution in [0.15, 0.2) is 24.4 Å². The minimum Gasteiger partial charge on any atom is -0.261 e. The van der Waals surface area contributed by atoms with Crippen LogP contribution in [0.5, 0.6) is 0 Å². The second kappa shape index (κ2) is 3.91. The van der Waals surface area contributed by atoms with Gasteiger partial charge in [-0.3, -0.25) is 4.98 Å². The van der Waals surface area contributed by atoms with Gasteiger partial charge in [0, 0.05) is 17.8 Å². The summed E-state index contributed by atoms with van der Waals surface area (Å²) in [4.78, 5) is 4.40. The Morgan fingerprint density at radius 3 is 3.08 bits per heavy atom. The third-order valence-electron chi connectivity index (χ3n) is 2.92. The minimum atomic E-state index is 0.785. The Morgan fingerprint density at radius 2 is 2.38 bits per heavy atom. The van der Waals surface area contributed by atoms with Crippen molar-refractivity contribution in [2.75, 3.05) is 0 Å². The molecule has 0 spiro atoms. The van der Waals surface area contributed by atoms with E-state index in [-0.39, 0.29) is 0 Å². The van der Waals surface area contributed by atoms with E-state index in [9.17, 15) is 0 Å². The molecular formula is C12H17N. The van der Waals surface area contributed by atoms with E-state index in [1.165, 1.54) is 31.4 Å². The van der Waals surface area contributed by atoms with Gasteiger partial charge in [-0.15, -0.1) is 0 Å². The maximum Gasteiger partial charge on any atom is 0.0437 e. The van der Waals surface area contributed by atoms with Crippen LogP contribution >= 0.6 is 0 Å². The molecule has 1 aromatic heterocycles. The minimum absolute atomic E-state index is 0.785. The highest BCUT2D eigenvalue weighted by molar-refractivity contribution is 5.17. The van der Waals surface area contributed by atoms with Crippen LogP contribution in [0.3, 0.4) is 0 Å². The first-order valence-corrected chi connectivity index (χ1v) is 5.32. The third-order valence-corrected chi connectivity index (χ3v) is 2.92. The number of pyridine rings is 1. The standard InChI is InChI=1S/C12H17N/c1-2-3-6-10-9-11(10)12-7-4-5-8-13-12/h4-5,7-8,10-11H,2-3,6,9H2,1H3/t10-,11-/m1/s1. The van der Waals surface area contributed by atoms with Gasteiger partial charge in [-0.1, -0.05) is 25.8 Å². The zero-order valence-corrected chi connectivity index (χ0v) is 8.24. The summed E-state index contributed by atoms with van der Waals surface area (Å²) < 4.78 is 0. The van der Waals surface area contributed by atoms with Gasteiger partial charge in [-0.25, -0.2) is 0 Å².